The minimum absolute atomic E-state index is 0.445. The van der Waals surface area contributed by atoms with E-state index in [9.17, 15) is 0 Å². The summed E-state index contributed by atoms with van der Waals surface area (Å²) in [7, 11) is 0. The molecule has 52 heavy (non-hydrogen) atoms. The number of benzene rings is 8. The zero-order valence-electron chi connectivity index (χ0n) is 28.2. The van der Waals surface area contributed by atoms with Crippen molar-refractivity contribution in [2.45, 2.75) is 5.41 Å². The predicted molar refractivity (Wildman–Crippen MR) is 219 cm³/mol. The molecule has 0 saturated carbocycles. The van der Waals surface area contributed by atoms with Crippen LogP contribution in [0.5, 0.6) is 0 Å². The van der Waals surface area contributed by atoms with Crippen LogP contribution in [0, 0.1) is 0 Å². The van der Waals surface area contributed by atoms with Gasteiger partial charge in [-0.25, -0.2) is 0 Å². The third-order valence-corrected chi connectivity index (χ3v) is 12.1. The smallest absolute Gasteiger partial charge is 0.137 e. The summed E-state index contributed by atoms with van der Waals surface area (Å²) >= 11 is 1.85. The molecule has 0 aliphatic heterocycles. The normalized spacial score (nSPS) is 13.2. The molecule has 11 rings (SSSR count). The van der Waals surface area contributed by atoms with E-state index >= 15 is 0 Å². The van der Waals surface area contributed by atoms with E-state index in [0.29, 0.717) is 0 Å². The third kappa shape index (κ3) is 4.17. The maximum atomic E-state index is 6.42. The molecule has 0 radical (unpaired) electrons. The molecule has 8 aromatic carbocycles. The van der Waals surface area contributed by atoms with E-state index in [0.717, 1.165) is 39.0 Å². The first-order valence-electron chi connectivity index (χ1n) is 17.8. The van der Waals surface area contributed by atoms with Gasteiger partial charge in [-0.05, 0) is 88.0 Å². The molecule has 0 N–H and O–H groups in total. The van der Waals surface area contributed by atoms with Crippen molar-refractivity contribution in [2.24, 2.45) is 0 Å². The molecule has 0 bridgehead atoms. The highest BCUT2D eigenvalue weighted by Crippen LogP contribution is 2.56. The molecule has 0 fully saturated rings. The topological polar surface area (TPSA) is 16.4 Å². The number of hydrogen-bond donors (Lipinski definition) is 0. The fraction of sp³-hybridized carbons (Fsp3) is 0.0204. The van der Waals surface area contributed by atoms with Gasteiger partial charge in [0, 0.05) is 54.1 Å². The van der Waals surface area contributed by atoms with Crippen LogP contribution < -0.4 is 4.90 Å². The van der Waals surface area contributed by atoms with E-state index in [2.05, 4.69) is 181 Å². The standard InChI is InChI=1S/C49H31NOS/c1-2-12-32(13-3-1)49(43-18-8-4-14-37(43)38-15-5-9-19-44(38)49)33-22-24-34(25-23-33)50(35-27-29-48-42(30-35)41-17-7-11-21-47(41)52-48)36-26-28-40-39-16-6-10-20-45(39)51-46(40)31-36/h1-31H. The van der Waals surface area contributed by atoms with Crippen molar-refractivity contribution in [1.82, 2.24) is 0 Å². The minimum atomic E-state index is -0.445. The molecule has 10 aromatic rings. The van der Waals surface area contributed by atoms with Gasteiger partial charge in [-0.3, -0.25) is 0 Å². The second kappa shape index (κ2) is 11.3. The summed E-state index contributed by atoms with van der Waals surface area (Å²) in [5, 5.41) is 4.81. The third-order valence-electron chi connectivity index (χ3n) is 11.0. The number of nitrogens with zero attached hydrogens (tertiary/aromatic N) is 1. The molecule has 0 saturated heterocycles. The van der Waals surface area contributed by atoms with Crippen LogP contribution in [0.25, 0.3) is 53.2 Å². The Labute approximate surface area is 305 Å². The van der Waals surface area contributed by atoms with Crippen molar-refractivity contribution in [3.63, 3.8) is 0 Å². The molecule has 0 atom stereocenters. The van der Waals surface area contributed by atoms with E-state index in [1.165, 1.54) is 53.6 Å². The Morgan fingerprint density at radius 2 is 0.942 bits per heavy atom. The first-order chi connectivity index (χ1) is 25.8. The van der Waals surface area contributed by atoms with Crippen molar-refractivity contribution < 1.29 is 4.42 Å². The first kappa shape index (κ1) is 29.3. The van der Waals surface area contributed by atoms with Crippen molar-refractivity contribution >= 4 is 70.5 Å². The van der Waals surface area contributed by atoms with Crippen LogP contribution in [-0.4, -0.2) is 0 Å². The molecule has 0 spiro atoms. The first-order valence-corrected chi connectivity index (χ1v) is 18.6. The van der Waals surface area contributed by atoms with Gasteiger partial charge >= 0.3 is 0 Å². The van der Waals surface area contributed by atoms with Crippen LogP contribution >= 0.6 is 11.3 Å². The van der Waals surface area contributed by atoms with Crippen molar-refractivity contribution in [3.8, 4) is 11.1 Å². The van der Waals surface area contributed by atoms with Crippen molar-refractivity contribution in [3.05, 3.63) is 210 Å². The molecule has 2 heterocycles. The Morgan fingerprint density at radius 1 is 0.385 bits per heavy atom. The van der Waals surface area contributed by atoms with E-state index in [-0.39, 0.29) is 0 Å². The zero-order chi connectivity index (χ0) is 34.2. The fourth-order valence-corrected chi connectivity index (χ4v) is 9.81. The number of furan rings is 1. The maximum absolute atomic E-state index is 6.42. The Morgan fingerprint density at radius 3 is 1.73 bits per heavy atom. The lowest BCUT2D eigenvalue weighted by molar-refractivity contribution is 0.669. The highest BCUT2D eigenvalue weighted by atomic mass is 32.1. The van der Waals surface area contributed by atoms with Crippen LogP contribution in [0.3, 0.4) is 0 Å². The number of fused-ring (bicyclic) bond motifs is 9. The molecule has 0 amide bonds. The zero-order valence-corrected chi connectivity index (χ0v) is 29.0. The lowest BCUT2D eigenvalue weighted by atomic mass is 9.68. The monoisotopic (exact) mass is 681 g/mol. The molecule has 1 aliphatic carbocycles. The van der Waals surface area contributed by atoms with Crippen molar-refractivity contribution in [2.75, 3.05) is 4.90 Å². The van der Waals surface area contributed by atoms with Crippen LogP contribution in [0.15, 0.2) is 192 Å². The van der Waals surface area contributed by atoms with Gasteiger partial charge in [-0.1, -0.05) is 127 Å². The number of para-hydroxylation sites is 1. The molecule has 0 unspecified atom stereocenters. The van der Waals surface area contributed by atoms with Crippen molar-refractivity contribution in [1.29, 1.82) is 0 Å². The fourth-order valence-electron chi connectivity index (χ4n) is 8.73. The largest absolute Gasteiger partial charge is 0.456 e. The second-order valence-corrected chi connectivity index (χ2v) is 14.7. The minimum Gasteiger partial charge on any atom is -0.456 e. The van der Waals surface area contributed by atoms with E-state index in [4.69, 9.17) is 4.42 Å². The lowest BCUT2D eigenvalue weighted by Gasteiger charge is -2.34. The summed E-state index contributed by atoms with van der Waals surface area (Å²) in [5.74, 6) is 0. The summed E-state index contributed by atoms with van der Waals surface area (Å²) in [6, 6.07) is 68.6. The van der Waals surface area contributed by atoms with Gasteiger partial charge in [0.15, 0.2) is 0 Å². The van der Waals surface area contributed by atoms with E-state index in [1.54, 1.807) is 0 Å². The van der Waals surface area contributed by atoms with E-state index in [1.807, 2.05) is 23.5 Å². The highest BCUT2D eigenvalue weighted by Gasteiger charge is 2.45. The number of rotatable bonds is 5. The van der Waals surface area contributed by atoms with Crippen LogP contribution in [-0.2, 0) is 5.41 Å². The average molecular weight is 682 g/mol. The second-order valence-electron chi connectivity index (χ2n) is 13.6. The molecule has 244 valence electrons. The number of hydrogen-bond acceptors (Lipinski definition) is 3. The Balaban J connectivity index is 1.13. The molecule has 1 aliphatic rings. The van der Waals surface area contributed by atoms with Gasteiger partial charge in [0.1, 0.15) is 11.2 Å². The summed E-state index contributed by atoms with van der Waals surface area (Å²) in [4.78, 5) is 2.37. The van der Waals surface area contributed by atoms with Gasteiger partial charge in [-0.2, -0.15) is 0 Å². The molecule has 2 aromatic heterocycles. The average Bonchev–Trinajstić information content (AvgIpc) is 3.87. The van der Waals surface area contributed by atoms with Gasteiger partial charge in [0.2, 0.25) is 0 Å². The summed E-state index contributed by atoms with van der Waals surface area (Å²) < 4.78 is 9.01. The van der Waals surface area contributed by atoms with Gasteiger partial charge < -0.3 is 9.32 Å². The van der Waals surface area contributed by atoms with Gasteiger partial charge in [-0.15, -0.1) is 11.3 Å². The highest BCUT2D eigenvalue weighted by molar-refractivity contribution is 7.25. The predicted octanol–water partition coefficient (Wildman–Crippen LogP) is 13.8. The van der Waals surface area contributed by atoms with Gasteiger partial charge in [0.05, 0.1) is 5.41 Å². The molecular weight excluding hydrogens is 651 g/mol. The summed E-state index contributed by atoms with van der Waals surface area (Å²) in [6.45, 7) is 0. The maximum Gasteiger partial charge on any atom is 0.137 e. The number of anilines is 3. The Hall–Kier alpha value is -6.42. The molecule has 2 nitrogen and oxygen atoms in total. The van der Waals surface area contributed by atoms with Crippen LogP contribution in [0.2, 0.25) is 0 Å². The lowest BCUT2D eigenvalue weighted by Crippen LogP contribution is -2.28. The van der Waals surface area contributed by atoms with Crippen LogP contribution in [0.1, 0.15) is 22.3 Å². The quantitative estimate of drug-likeness (QED) is 0.180. The van der Waals surface area contributed by atoms with Crippen LogP contribution in [0.4, 0.5) is 17.1 Å². The summed E-state index contributed by atoms with van der Waals surface area (Å²) in [5.41, 5.74) is 12.3. The SMILES string of the molecule is c1ccc(C2(c3ccc(N(c4ccc5c(c4)oc4ccccc45)c4ccc5sc6ccccc6c5c4)cc3)c3ccccc3-c3ccccc32)cc1. The Bertz CT molecular complexity index is 2930. The Kier molecular flexibility index (Phi) is 6.37. The number of thiophene rings is 1. The summed E-state index contributed by atoms with van der Waals surface area (Å²) in [6.07, 6.45) is 0. The van der Waals surface area contributed by atoms with E-state index < -0.39 is 5.41 Å². The molecular formula is C49H31NOS. The molecule has 3 heteroatoms. The van der Waals surface area contributed by atoms with Gasteiger partial charge in [0.25, 0.3) is 0 Å².